The number of para-hydroxylation sites is 1. The summed E-state index contributed by atoms with van der Waals surface area (Å²) < 4.78 is 11.6. The molecule has 2 heterocycles. The molecule has 25 heavy (non-hydrogen) atoms. The van der Waals surface area contributed by atoms with Crippen LogP contribution in [0.5, 0.6) is 11.5 Å². The van der Waals surface area contributed by atoms with Gasteiger partial charge in [0.25, 0.3) is 0 Å². The maximum absolute atomic E-state index is 10.1. The molecule has 0 saturated carbocycles. The Morgan fingerprint density at radius 3 is 2.80 bits per heavy atom. The van der Waals surface area contributed by atoms with Crippen LogP contribution in [0.15, 0.2) is 48.5 Å². The second-order valence-corrected chi connectivity index (χ2v) is 6.73. The van der Waals surface area contributed by atoms with Crippen LogP contribution in [-0.2, 0) is 6.42 Å². The molecule has 0 spiro atoms. The molecule has 1 atom stereocenters. The second-order valence-electron chi connectivity index (χ2n) is 6.73. The normalized spacial score (nSPS) is 18.1. The summed E-state index contributed by atoms with van der Waals surface area (Å²) in [6.45, 7) is 3.62. The lowest BCUT2D eigenvalue weighted by Crippen LogP contribution is -2.56. The van der Waals surface area contributed by atoms with Crippen LogP contribution in [-0.4, -0.2) is 55.0 Å². The molecule has 0 bridgehead atoms. The number of β-amino-alcohol motifs (C(OH)–C–C–N with tert-alkyl or cyclic N) is 1. The van der Waals surface area contributed by atoms with Crippen LogP contribution in [0, 0.1) is 0 Å². The SMILES string of the molecule is O[C@@H](COc1ccccc1)CN1CC(Oc2ccc3c(c2)CCN3)C1. The molecule has 1 saturated heterocycles. The Labute approximate surface area is 148 Å². The molecule has 2 aliphatic rings. The van der Waals surface area contributed by atoms with E-state index < -0.39 is 6.10 Å². The number of rotatable bonds is 7. The maximum atomic E-state index is 10.1. The molecule has 0 amide bonds. The number of fused-ring (bicyclic) bond motifs is 1. The van der Waals surface area contributed by atoms with Gasteiger partial charge in [0, 0.05) is 31.9 Å². The number of hydrogen-bond donors (Lipinski definition) is 2. The van der Waals surface area contributed by atoms with Crippen LogP contribution in [0.4, 0.5) is 5.69 Å². The molecule has 2 aromatic rings. The van der Waals surface area contributed by atoms with Gasteiger partial charge in [0.1, 0.15) is 30.3 Å². The lowest BCUT2D eigenvalue weighted by atomic mass is 10.1. The van der Waals surface area contributed by atoms with Crippen molar-refractivity contribution in [2.45, 2.75) is 18.6 Å². The van der Waals surface area contributed by atoms with Gasteiger partial charge in [-0.1, -0.05) is 18.2 Å². The summed E-state index contributed by atoms with van der Waals surface area (Å²) >= 11 is 0. The summed E-state index contributed by atoms with van der Waals surface area (Å²) in [7, 11) is 0. The highest BCUT2D eigenvalue weighted by Crippen LogP contribution is 2.28. The molecule has 0 radical (unpaired) electrons. The molecular weight excluding hydrogens is 316 g/mol. The van der Waals surface area contributed by atoms with Crippen LogP contribution in [0.1, 0.15) is 5.56 Å². The third-order valence-electron chi connectivity index (χ3n) is 4.67. The average molecular weight is 340 g/mol. The Hall–Kier alpha value is -2.24. The first-order valence-corrected chi connectivity index (χ1v) is 8.88. The van der Waals surface area contributed by atoms with Crippen LogP contribution in [0.2, 0.25) is 0 Å². The number of anilines is 1. The minimum atomic E-state index is -0.493. The lowest BCUT2D eigenvalue weighted by molar-refractivity contribution is -0.0174. The Bertz CT molecular complexity index is 701. The molecule has 0 aliphatic carbocycles. The van der Waals surface area contributed by atoms with E-state index >= 15 is 0 Å². The van der Waals surface area contributed by atoms with Gasteiger partial charge >= 0.3 is 0 Å². The highest BCUT2D eigenvalue weighted by molar-refractivity contribution is 5.57. The molecule has 2 aromatic carbocycles. The lowest BCUT2D eigenvalue weighted by Gasteiger charge is -2.39. The first-order chi connectivity index (χ1) is 12.3. The molecular formula is C20H24N2O3. The summed E-state index contributed by atoms with van der Waals surface area (Å²) in [6, 6.07) is 15.9. The summed E-state index contributed by atoms with van der Waals surface area (Å²) in [5.74, 6) is 1.73. The molecule has 4 rings (SSSR count). The predicted octanol–water partition coefficient (Wildman–Crippen LogP) is 2.16. The third kappa shape index (κ3) is 4.06. The summed E-state index contributed by atoms with van der Waals surface area (Å²) in [5.41, 5.74) is 2.56. The van der Waals surface area contributed by atoms with Gasteiger partial charge in [-0.15, -0.1) is 0 Å². The monoisotopic (exact) mass is 340 g/mol. The van der Waals surface area contributed by atoms with E-state index in [4.69, 9.17) is 9.47 Å². The fourth-order valence-corrected chi connectivity index (χ4v) is 3.35. The minimum absolute atomic E-state index is 0.203. The van der Waals surface area contributed by atoms with E-state index in [1.807, 2.05) is 36.4 Å². The Balaban J connectivity index is 1.17. The topological polar surface area (TPSA) is 54.0 Å². The first-order valence-electron chi connectivity index (χ1n) is 8.88. The van der Waals surface area contributed by atoms with E-state index in [2.05, 4.69) is 22.3 Å². The number of hydrogen-bond acceptors (Lipinski definition) is 5. The maximum Gasteiger partial charge on any atom is 0.124 e. The van der Waals surface area contributed by atoms with Crippen molar-refractivity contribution in [3.63, 3.8) is 0 Å². The number of benzene rings is 2. The number of nitrogens with zero attached hydrogens (tertiary/aromatic N) is 1. The minimum Gasteiger partial charge on any atom is -0.491 e. The summed E-state index contributed by atoms with van der Waals surface area (Å²) in [5, 5.41) is 13.5. The second kappa shape index (κ2) is 7.33. The number of ether oxygens (including phenoxy) is 2. The molecule has 0 unspecified atom stereocenters. The van der Waals surface area contributed by atoms with E-state index in [9.17, 15) is 5.11 Å². The molecule has 5 nitrogen and oxygen atoms in total. The van der Waals surface area contributed by atoms with Crippen molar-refractivity contribution in [2.75, 3.05) is 38.1 Å². The predicted molar refractivity (Wildman–Crippen MR) is 97.4 cm³/mol. The van der Waals surface area contributed by atoms with Crippen molar-refractivity contribution in [2.24, 2.45) is 0 Å². The fourth-order valence-electron chi connectivity index (χ4n) is 3.35. The Morgan fingerprint density at radius 1 is 1.12 bits per heavy atom. The largest absolute Gasteiger partial charge is 0.491 e. The van der Waals surface area contributed by atoms with Crippen molar-refractivity contribution >= 4 is 5.69 Å². The van der Waals surface area contributed by atoms with E-state index in [1.54, 1.807) is 0 Å². The Morgan fingerprint density at radius 2 is 1.96 bits per heavy atom. The van der Waals surface area contributed by atoms with Gasteiger partial charge < -0.3 is 19.9 Å². The van der Waals surface area contributed by atoms with E-state index in [-0.39, 0.29) is 6.10 Å². The van der Waals surface area contributed by atoms with Gasteiger partial charge in [-0.25, -0.2) is 0 Å². The van der Waals surface area contributed by atoms with Gasteiger partial charge in [-0.3, -0.25) is 4.90 Å². The molecule has 5 heteroatoms. The van der Waals surface area contributed by atoms with Gasteiger partial charge in [0.15, 0.2) is 0 Å². The number of nitrogens with one attached hydrogen (secondary N) is 1. The highest BCUT2D eigenvalue weighted by Gasteiger charge is 2.30. The van der Waals surface area contributed by atoms with Crippen LogP contribution < -0.4 is 14.8 Å². The van der Waals surface area contributed by atoms with Gasteiger partial charge in [-0.05, 0) is 42.3 Å². The summed E-state index contributed by atoms with van der Waals surface area (Å²) in [6.07, 6.45) is 0.776. The van der Waals surface area contributed by atoms with E-state index in [0.29, 0.717) is 13.2 Å². The Kier molecular flexibility index (Phi) is 4.76. The van der Waals surface area contributed by atoms with Gasteiger partial charge in [0.05, 0.1) is 0 Å². The third-order valence-corrected chi connectivity index (χ3v) is 4.67. The zero-order valence-electron chi connectivity index (χ0n) is 14.2. The van der Waals surface area contributed by atoms with Gasteiger partial charge in [0.2, 0.25) is 0 Å². The first kappa shape index (κ1) is 16.2. The van der Waals surface area contributed by atoms with Crippen LogP contribution in [0.3, 0.4) is 0 Å². The number of aliphatic hydroxyl groups is 1. The van der Waals surface area contributed by atoms with Crippen molar-refractivity contribution < 1.29 is 14.6 Å². The quantitative estimate of drug-likeness (QED) is 0.809. The zero-order chi connectivity index (χ0) is 17.1. The summed E-state index contributed by atoms with van der Waals surface area (Å²) in [4.78, 5) is 2.19. The van der Waals surface area contributed by atoms with Crippen molar-refractivity contribution in [1.29, 1.82) is 0 Å². The highest BCUT2D eigenvalue weighted by atomic mass is 16.5. The fraction of sp³-hybridized carbons (Fsp3) is 0.400. The number of likely N-dealkylation sites (tertiary alicyclic amines) is 1. The molecule has 132 valence electrons. The molecule has 1 fully saturated rings. The van der Waals surface area contributed by atoms with Crippen molar-refractivity contribution in [3.05, 3.63) is 54.1 Å². The van der Waals surface area contributed by atoms with Crippen molar-refractivity contribution in [3.8, 4) is 11.5 Å². The molecule has 2 aliphatic heterocycles. The molecule has 2 N–H and O–H groups in total. The average Bonchev–Trinajstić information content (AvgIpc) is 3.07. The van der Waals surface area contributed by atoms with Crippen LogP contribution in [0.25, 0.3) is 0 Å². The van der Waals surface area contributed by atoms with E-state index in [0.717, 1.165) is 37.6 Å². The van der Waals surface area contributed by atoms with Crippen LogP contribution >= 0.6 is 0 Å². The van der Waals surface area contributed by atoms with E-state index in [1.165, 1.54) is 11.3 Å². The van der Waals surface area contributed by atoms with Crippen molar-refractivity contribution in [1.82, 2.24) is 4.90 Å². The standard InChI is InChI=1S/C20H24N2O3/c23-16(14-24-17-4-2-1-3-5-17)11-22-12-19(13-22)25-18-6-7-20-15(10-18)8-9-21-20/h1-7,10,16,19,21,23H,8-9,11-14H2/t16-/m1/s1. The zero-order valence-corrected chi connectivity index (χ0v) is 14.2. The molecule has 0 aromatic heterocycles. The smallest absolute Gasteiger partial charge is 0.124 e. The van der Waals surface area contributed by atoms with Gasteiger partial charge in [-0.2, -0.15) is 0 Å². The number of aliphatic hydroxyl groups excluding tert-OH is 1.